The molecule has 0 aliphatic carbocycles. The van der Waals surface area contributed by atoms with Crippen LogP contribution in [0, 0.1) is 21.7 Å². The van der Waals surface area contributed by atoms with Crippen molar-refractivity contribution in [3.05, 3.63) is 55.3 Å². The third-order valence-electron chi connectivity index (χ3n) is 2.93. The van der Waals surface area contributed by atoms with Gasteiger partial charge in [0.05, 0.1) is 16.2 Å². The second-order valence-electron chi connectivity index (χ2n) is 4.28. The molecule has 2 heterocycles. The zero-order chi connectivity index (χ0) is 16.4. The minimum Gasteiger partial charge on any atom is -0.383 e. The summed E-state index contributed by atoms with van der Waals surface area (Å²) in [5.41, 5.74) is 6.07. The Morgan fingerprint density at radius 2 is 1.86 bits per heavy atom. The Hall–Kier alpha value is -2.06. The van der Waals surface area contributed by atoms with Crippen molar-refractivity contribution in [3.8, 4) is 0 Å². The van der Waals surface area contributed by atoms with Gasteiger partial charge in [0.2, 0.25) is 5.82 Å². The number of nitrogens with zero attached hydrogens (tertiary/aromatic N) is 3. The first-order chi connectivity index (χ1) is 10.3. The minimum atomic E-state index is -1.22. The van der Waals surface area contributed by atoms with E-state index in [9.17, 15) is 18.9 Å². The Kier molecular flexibility index (Phi) is 4.72. The van der Waals surface area contributed by atoms with Gasteiger partial charge in [-0.15, -0.1) is 0 Å². The first-order valence-electron chi connectivity index (χ1n) is 5.88. The Bertz CT molecular complexity index is 758. The highest BCUT2D eigenvalue weighted by Crippen LogP contribution is 2.29. The molecule has 2 aromatic rings. The molecule has 6 nitrogen and oxygen atoms in total. The molecule has 0 spiro atoms. The molecule has 22 heavy (non-hydrogen) atoms. The van der Waals surface area contributed by atoms with Gasteiger partial charge >= 0.3 is 5.82 Å². The summed E-state index contributed by atoms with van der Waals surface area (Å²) in [5.74, 6) is -2.87. The van der Waals surface area contributed by atoms with Crippen LogP contribution in [0.15, 0.2) is 12.4 Å². The van der Waals surface area contributed by atoms with Gasteiger partial charge in [0, 0.05) is 11.1 Å². The summed E-state index contributed by atoms with van der Waals surface area (Å²) in [6, 6.07) is 0. The molecule has 0 saturated heterocycles. The summed E-state index contributed by atoms with van der Waals surface area (Å²) in [6.45, 7) is 0. The third-order valence-corrected chi connectivity index (χ3v) is 3.75. The molecule has 0 unspecified atom stereocenters. The lowest BCUT2D eigenvalue weighted by molar-refractivity contribution is -0.392. The van der Waals surface area contributed by atoms with Crippen molar-refractivity contribution < 1.29 is 13.7 Å². The molecule has 0 radical (unpaired) electrons. The number of nitrogens with two attached hydrogens (primary N) is 1. The number of aromatic nitrogens is 2. The lowest BCUT2D eigenvalue weighted by Crippen LogP contribution is -2.04. The second-order valence-corrected chi connectivity index (χ2v) is 5.03. The zero-order valence-electron chi connectivity index (χ0n) is 10.8. The number of hydrogen-bond acceptors (Lipinski definition) is 5. The van der Waals surface area contributed by atoms with Gasteiger partial charge in [0.1, 0.15) is 12.0 Å². The fourth-order valence-electron chi connectivity index (χ4n) is 1.81. The van der Waals surface area contributed by atoms with Crippen LogP contribution in [0.4, 0.5) is 20.4 Å². The van der Waals surface area contributed by atoms with Gasteiger partial charge in [0.15, 0.2) is 5.82 Å². The molecule has 2 N–H and O–H groups in total. The highest BCUT2D eigenvalue weighted by Gasteiger charge is 2.22. The van der Waals surface area contributed by atoms with Crippen LogP contribution in [-0.2, 0) is 12.8 Å². The highest BCUT2D eigenvalue weighted by molar-refractivity contribution is 6.32. The Morgan fingerprint density at radius 1 is 1.18 bits per heavy atom. The molecular weight excluding hydrogens is 341 g/mol. The maximum absolute atomic E-state index is 13.7. The van der Waals surface area contributed by atoms with E-state index in [2.05, 4.69) is 9.97 Å². The number of nitro groups is 1. The lowest BCUT2D eigenvalue weighted by Gasteiger charge is -2.08. The van der Waals surface area contributed by atoms with Gasteiger partial charge in [-0.3, -0.25) is 0 Å². The molecule has 0 aromatic carbocycles. The molecular formula is C12H8Cl2F2N4O2. The smallest absolute Gasteiger partial charge is 0.383 e. The van der Waals surface area contributed by atoms with E-state index in [4.69, 9.17) is 28.9 Å². The van der Waals surface area contributed by atoms with Gasteiger partial charge in [-0.1, -0.05) is 23.2 Å². The third kappa shape index (κ3) is 3.07. The standard InChI is InChI=1S/C12H8Cl2F2N4O2/c13-8-5(3-19-12(10(8)16)20(21)22)1-2-6-9(14)7(15)4-18-11(6)17/h3-4H,1-2H2,(H2,17,18). The molecule has 0 amide bonds. The second kappa shape index (κ2) is 6.37. The van der Waals surface area contributed by atoms with E-state index in [-0.39, 0.29) is 34.8 Å². The van der Waals surface area contributed by atoms with E-state index < -0.39 is 27.4 Å². The Morgan fingerprint density at radius 3 is 2.50 bits per heavy atom. The van der Waals surface area contributed by atoms with Gasteiger partial charge in [-0.25, -0.2) is 9.37 Å². The van der Waals surface area contributed by atoms with Crippen LogP contribution in [0.1, 0.15) is 11.1 Å². The van der Waals surface area contributed by atoms with E-state index in [0.717, 1.165) is 12.4 Å². The van der Waals surface area contributed by atoms with Crippen molar-refractivity contribution in [1.82, 2.24) is 9.97 Å². The number of nitrogen functional groups attached to an aromatic ring is 1. The first kappa shape index (κ1) is 16.3. The minimum absolute atomic E-state index is 0.0397. The van der Waals surface area contributed by atoms with Crippen molar-refractivity contribution >= 4 is 34.8 Å². The summed E-state index contributed by atoms with van der Waals surface area (Å²) in [6.07, 6.45) is 2.20. The fraction of sp³-hybridized carbons (Fsp3) is 0.167. The summed E-state index contributed by atoms with van der Waals surface area (Å²) in [7, 11) is 0. The number of aryl methyl sites for hydroxylation is 1. The molecule has 0 aliphatic heterocycles. The summed E-state index contributed by atoms with van der Waals surface area (Å²) >= 11 is 11.5. The average molecular weight is 349 g/mol. The maximum atomic E-state index is 13.7. The summed E-state index contributed by atoms with van der Waals surface area (Å²) in [5, 5.41) is 9.95. The van der Waals surface area contributed by atoms with E-state index in [1.807, 2.05) is 0 Å². The van der Waals surface area contributed by atoms with Gasteiger partial charge in [-0.05, 0) is 22.7 Å². The van der Waals surface area contributed by atoms with Crippen LogP contribution >= 0.6 is 23.2 Å². The number of rotatable bonds is 4. The zero-order valence-corrected chi connectivity index (χ0v) is 12.3. The number of anilines is 1. The number of pyridine rings is 2. The SMILES string of the molecule is Nc1ncc(F)c(Cl)c1CCc1cnc([N+](=O)[O-])c(F)c1Cl. The predicted molar refractivity (Wildman–Crippen MR) is 76.9 cm³/mol. The largest absolute Gasteiger partial charge is 0.401 e. The molecule has 2 aromatic heterocycles. The van der Waals surface area contributed by atoms with Crippen LogP contribution in [0.2, 0.25) is 10.0 Å². The monoisotopic (exact) mass is 348 g/mol. The number of halogens is 4. The van der Waals surface area contributed by atoms with E-state index >= 15 is 0 Å². The molecule has 0 aliphatic rings. The van der Waals surface area contributed by atoms with E-state index in [1.165, 1.54) is 0 Å². The Labute approximate surface area is 133 Å². The Balaban J connectivity index is 2.28. The topological polar surface area (TPSA) is 94.9 Å². The molecule has 116 valence electrons. The predicted octanol–water partition coefficient (Wildman–Crippen LogP) is 3.34. The van der Waals surface area contributed by atoms with Crippen molar-refractivity contribution in [3.63, 3.8) is 0 Å². The van der Waals surface area contributed by atoms with Gasteiger partial charge in [0.25, 0.3) is 0 Å². The number of hydrogen-bond donors (Lipinski definition) is 1. The van der Waals surface area contributed by atoms with Crippen molar-refractivity contribution in [2.75, 3.05) is 5.73 Å². The van der Waals surface area contributed by atoms with Crippen LogP contribution in [-0.4, -0.2) is 14.9 Å². The highest BCUT2D eigenvalue weighted by atomic mass is 35.5. The van der Waals surface area contributed by atoms with Crippen molar-refractivity contribution in [2.24, 2.45) is 0 Å². The fourth-order valence-corrected chi connectivity index (χ4v) is 2.28. The van der Waals surface area contributed by atoms with Crippen molar-refractivity contribution in [1.29, 1.82) is 0 Å². The van der Waals surface area contributed by atoms with Crippen LogP contribution < -0.4 is 5.73 Å². The molecule has 0 fully saturated rings. The molecule has 0 saturated carbocycles. The van der Waals surface area contributed by atoms with Gasteiger partial charge < -0.3 is 15.8 Å². The van der Waals surface area contributed by atoms with Gasteiger partial charge in [-0.2, -0.15) is 4.39 Å². The van der Waals surface area contributed by atoms with Crippen molar-refractivity contribution in [2.45, 2.75) is 12.8 Å². The molecule has 2 rings (SSSR count). The quantitative estimate of drug-likeness (QED) is 0.675. The first-order valence-corrected chi connectivity index (χ1v) is 6.64. The van der Waals surface area contributed by atoms with Crippen LogP contribution in [0.5, 0.6) is 0 Å². The molecule has 0 atom stereocenters. The summed E-state index contributed by atoms with van der Waals surface area (Å²) < 4.78 is 27.0. The van der Waals surface area contributed by atoms with E-state index in [0.29, 0.717) is 0 Å². The average Bonchev–Trinajstić information content (AvgIpc) is 2.47. The lowest BCUT2D eigenvalue weighted by atomic mass is 10.1. The van der Waals surface area contributed by atoms with Crippen LogP contribution in [0.3, 0.4) is 0 Å². The normalized spacial score (nSPS) is 10.7. The maximum Gasteiger partial charge on any atom is 0.401 e. The molecule has 10 heteroatoms. The van der Waals surface area contributed by atoms with Crippen LogP contribution in [0.25, 0.3) is 0 Å². The van der Waals surface area contributed by atoms with E-state index in [1.54, 1.807) is 0 Å². The summed E-state index contributed by atoms with van der Waals surface area (Å²) in [4.78, 5) is 16.6. The molecule has 0 bridgehead atoms.